The van der Waals surface area contributed by atoms with E-state index in [-0.39, 0.29) is 5.91 Å². The molecule has 0 saturated carbocycles. The normalized spacial score (nSPS) is 11.4. The lowest BCUT2D eigenvalue weighted by molar-refractivity contribution is -0.120. The zero-order chi connectivity index (χ0) is 10.3. The van der Waals surface area contributed by atoms with Crippen LogP contribution in [0.4, 0.5) is 0 Å². The predicted molar refractivity (Wildman–Crippen MR) is 52.5 cm³/mol. The summed E-state index contributed by atoms with van der Waals surface area (Å²) >= 11 is 0. The quantitative estimate of drug-likeness (QED) is 0.509. The van der Waals surface area contributed by atoms with Crippen LogP contribution in [0.3, 0.4) is 0 Å². The monoisotopic (exact) mass is 188 g/mol. The highest BCUT2D eigenvalue weighted by Gasteiger charge is 2.10. The number of rotatable bonds is 6. The SMILES string of the molecule is CNC(=O)CCNCCC(C)(C)O. The van der Waals surface area contributed by atoms with Crippen LogP contribution in [0.15, 0.2) is 0 Å². The highest BCUT2D eigenvalue weighted by Crippen LogP contribution is 2.04. The molecule has 0 rings (SSSR count). The molecule has 0 aromatic heterocycles. The van der Waals surface area contributed by atoms with Crippen LogP contribution >= 0.6 is 0 Å². The van der Waals surface area contributed by atoms with E-state index < -0.39 is 5.60 Å². The summed E-state index contributed by atoms with van der Waals surface area (Å²) in [6.45, 7) is 4.94. The molecule has 0 atom stereocenters. The van der Waals surface area contributed by atoms with E-state index in [2.05, 4.69) is 10.6 Å². The molecule has 0 saturated heterocycles. The third-order valence-electron chi connectivity index (χ3n) is 1.72. The molecule has 0 aliphatic heterocycles. The van der Waals surface area contributed by atoms with Gasteiger partial charge in [0.25, 0.3) is 0 Å². The van der Waals surface area contributed by atoms with Crippen LogP contribution in [0, 0.1) is 0 Å². The van der Waals surface area contributed by atoms with E-state index in [0.29, 0.717) is 19.4 Å². The van der Waals surface area contributed by atoms with Crippen molar-refractivity contribution >= 4 is 5.91 Å². The smallest absolute Gasteiger partial charge is 0.221 e. The number of hydrogen-bond donors (Lipinski definition) is 3. The summed E-state index contributed by atoms with van der Waals surface area (Å²) in [6.07, 6.45) is 1.18. The fourth-order valence-electron chi connectivity index (χ4n) is 0.846. The summed E-state index contributed by atoms with van der Waals surface area (Å²) in [5.74, 6) is 0.0377. The van der Waals surface area contributed by atoms with E-state index in [4.69, 9.17) is 0 Å². The molecule has 0 aliphatic rings. The van der Waals surface area contributed by atoms with Crippen molar-refractivity contribution in [3.63, 3.8) is 0 Å². The summed E-state index contributed by atoms with van der Waals surface area (Å²) in [5.41, 5.74) is -0.625. The molecule has 78 valence electrons. The van der Waals surface area contributed by atoms with Gasteiger partial charge in [-0.05, 0) is 26.8 Å². The van der Waals surface area contributed by atoms with Crippen LogP contribution in [-0.2, 0) is 4.79 Å². The van der Waals surface area contributed by atoms with Gasteiger partial charge in [0.2, 0.25) is 5.91 Å². The van der Waals surface area contributed by atoms with Gasteiger partial charge < -0.3 is 15.7 Å². The van der Waals surface area contributed by atoms with Gasteiger partial charge in [0.1, 0.15) is 0 Å². The Kier molecular flexibility index (Phi) is 5.66. The third-order valence-corrected chi connectivity index (χ3v) is 1.72. The Bertz CT molecular complexity index is 152. The molecule has 0 aliphatic carbocycles. The van der Waals surface area contributed by atoms with Crippen LogP contribution in [-0.4, -0.2) is 36.8 Å². The molecule has 3 N–H and O–H groups in total. The Morgan fingerprint density at radius 3 is 2.46 bits per heavy atom. The molecule has 4 nitrogen and oxygen atoms in total. The number of amides is 1. The first-order chi connectivity index (χ1) is 5.95. The van der Waals surface area contributed by atoms with Crippen molar-refractivity contribution in [1.29, 1.82) is 0 Å². The Hall–Kier alpha value is -0.610. The van der Waals surface area contributed by atoms with Crippen LogP contribution in [0.1, 0.15) is 26.7 Å². The summed E-state index contributed by atoms with van der Waals surface area (Å²) in [6, 6.07) is 0. The van der Waals surface area contributed by atoms with Gasteiger partial charge in [-0.15, -0.1) is 0 Å². The average molecular weight is 188 g/mol. The fraction of sp³-hybridized carbons (Fsp3) is 0.889. The summed E-state index contributed by atoms with van der Waals surface area (Å²) in [4.78, 5) is 10.8. The molecule has 0 spiro atoms. The number of carbonyl (C=O) groups excluding carboxylic acids is 1. The molecule has 0 radical (unpaired) electrons. The minimum Gasteiger partial charge on any atom is -0.390 e. The molecule has 0 fully saturated rings. The van der Waals surface area contributed by atoms with Gasteiger partial charge in [0, 0.05) is 20.0 Å². The maximum atomic E-state index is 10.8. The molecular weight excluding hydrogens is 168 g/mol. The number of carbonyl (C=O) groups is 1. The molecule has 13 heavy (non-hydrogen) atoms. The molecule has 4 heteroatoms. The highest BCUT2D eigenvalue weighted by molar-refractivity contribution is 5.75. The second kappa shape index (κ2) is 5.94. The second-order valence-electron chi connectivity index (χ2n) is 3.74. The minimum absolute atomic E-state index is 0.0377. The average Bonchev–Trinajstić information content (AvgIpc) is 2.01. The largest absolute Gasteiger partial charge is 0.390 e. The van der Waals surface area contributed by atoms with Crippen molar-refractivity contribution in [1.82, 2.24) is 10.6 Å². The molecule has 0 aromatic carbocycles. The van der Waals surface area contributed by atoms with Crippen molar-refractivity contribution in [3.05, 3.63) is 0 Å². The number of hydrogen-bond acceptors (Lipinski definition) is 3. The Labute approximate surface area is 79.7 Å². The van der Waals surface area contributed by atoms with E-state index in [1.54, 1.807) is 20.9 Å². The summed E-state index contributed by atoms with van der Waals surface area (Å²) in [7, 11) is 1.62. The molecular formula is C9H20N2O2. The van der Waals surface area contributed by atoms with Crippen LogP contribution < -0.4 is 10.6 Å². The minimum atomic E-state index is -0.625. The van der Waals surface area contributed by atoms with Crippen molar-refractivity contribution in [2.24, 2.45) is 0 Å². The number of aliphatic hydroxyl groups is 1. The zero-order valence-corrected chi connectivity index (χ0v) is 8.68. The van der Waals surface area contributed by atoms with Crippen LogP contribution in [0.5, 0.6) is 0 Å². The van der Waals surface area contributed by atoms with E-state index >= 15 is 0 Å². The van der Waals surface area contributed by atoms with Gasteiger partial charge in [-0.1, -0.05) is 0 Å². The van der Waals surface area contributed by atoms with Gasteiger partial charge in [0.05, 0.1) is 5.60 Å². The molecule has 0 heterocycles. The second-order valence-corrected chi connectivity index (χ2v) is 3.74. The molecule has 0 bridgehead atoms. The number of nitrogens with one attached hydrogen (secondary N) is 2. The van der Waals surface area contributed by atoms with Crippen molar-refractivity contribution in [2.45, 2.75) is 32.3 Å². The van der Waals surface area contributed by atoms with E-state index in [1.807, 2.05) is 0 Å². The maximum Gasteiger partial charge on any atom is 0.221 e. The Balaban J connectivity index is 3.22. The van der Waals surface area contributed by atoms with E-state index in [9.17, 15) is 9.90 Å². The standard InChI is InChI=1S/C9H20N2O2/c1-9(2,13)5-7-11-6-4-8(12)10-3/h11,13H,4-7H2,1-3H3,(H,10,12). The van der Waals surface area contributed by atoms with Gasteiger partial charge in [-0.3, -0.25) is 4.79 Å². The van der Waals surface area contributed by atoms with Crippen LogP contribution in [0.25, 0.3) is 0 Å². The van der Waals surface area contributed by atoms with Gasteiger partial charge in [-0.2, -0.15) is 0 Å². The highest BCUT2D eigenvalue weighted by atomic mass is 16.3. The lowest BCUT2D eigenvalue weighted by Crippen LogP contribution is -2.29. The lowest BCUT2D eigenvalue weighted by atomic mass is 10.1. The van der Waals surface area contributed by atoms with Crippen LogP contribution in [0.2, 0.25) is 0 Å². The van der Waals surface area contributed by atoms with Crippen molar-refractivity contribution in [3.8, 4) is 0 Å². The van der Waals surface area contributed by atoms with Gasteiger partial charge in [0.15, 0.2) is 0 Å². The van der Waals surface area contributed by atoms with Gasteiger partial charge in [-0.25, -0.2) is 0 Å². The molecule has 0 unspecified atom stereocenters. The van der Waals surface area contributed by atoms with Gasteiger partial charge >= 0.3 is 0 Å². The zero-order valence-electron chi connectivity index (χ0n) is 8.68. The lowest BCUT2D eigenvalue weighted by Gasteiger charge is -2.16. The third kappa shape index (κ3) is 9.30. The first-order valence-electron chi connectivity index (χ1n) is 4.59. The topological polar surface area (TPSA) is 61.4 Å². The van der Waals surface area contributed by atoms with E-state index in [1.165, 1.54) is 0 Å². The summed E-state index contributed by atoms with van der Waals surface area (Å²) in [5, 5.41) is 15.0. The summed E-state index contributed by atoms with van der Waals surface area (Å²) < 4.78 is 0. The maximum absolute atomic E-state index is 10.8. The Morgan fingerprint density at radius 1 is 1.38 bits per heavy atom. The van der Waals surface area contributed by atoms with Crippen molar-refractivity contribution < 1.29 is 9.90 Å². The first kappa shape index (κ1) is 12.4. The van der Waals surface area contributed by atoms with Crippen molar-refractivity contribution in [2.75, 3.05) is 20.1 Å². The van der Waals surface area contributed by atoms with E-state index in [0.717, 1.165) is 6.54 Å². The predicted octanol–water partition coefficient (Wildman–Crippen LogP) is -0.127. The Morgan fingerprint density at radius 2 is 2.00 bits per heavy atom. The molecule has 1 amide bonds. The molecule has 0 aromatic rings. The first-order valence-corrected chi connectivity index (χ1v) is 4.59. The fourth-order valence-corrected chi connectivity index (χ4v) is 0.846.